The van der Waals surface area contributed by atoms with Crippen molar-refractivity contribution in [3.63, 3.8) is 0 Å². The number of rotatable bonds is 2. The van der Waals surface area contributed by atoms with Crippen LogP contribution < -0.4 is 5.73 Å². The predicted molar refractivity (Wildman–Crippen MR) is 71.4 cm³/mol. The standard InChI is InChI=1S/C11H17N3OS2/c12-8-2-1-7(5-8)11-13-10(14-15-11)9-6-16-3-4-17-9/h7-9H,1-6,12H2/t7-,8+,9?/m1/s1. The zero-order valence-electron chi connectivity index (χ0n) is 9.67. The number of aromatic nitrogens is 2. The summed E-state index contributed by atoms with van der Waals surface area (Å²) in [5, 5.41) is 4.57. The summed E-state index contributed by atoms with van der Waals surface area (Å²) >= 11 is 3.92. The van der Waals surface area contributed by atoms with Crippen molar-refractivity contribution in [2.75, 3.05) is 17.3 Å². The molecule has 3 rings (SSSR count). The molecule has 1 aliphatic heterocycles. The van der Waals surface area contributed by atoms with E-state index >= 15 is 0 Å². The minimum Gasteiger partial charge on any atom is -0.339 e. The van der Waals surface area contributed by atoms with Crippen LogP contribution in [0.2, 0.25) is 0 Å². The maximum Gasteiger partial charge on any atom is 0.229 e. The van der Waals surface area contributed by atoms with Gasteiger partial charge in [-0.25, -0.2) is 0 Å². The second-order valence-corrected chi connectivity index (χ2v) is 7.16. The van der Waals surface area contributed by atoms with E-state index in [0.717, 1.165) is 36.7 Å². The molecule has 1 saturated heterocycles. The van der Waals surface area contributed by atoms with Gasteiger partial charge in [-0.05, 0) is 19.3 Å². The van der Waals surface area contributed by atoms with Crippen molar-refractivity contribution in [1.29, 1.82) is 0 Å². The van der Waals surface area contributed by atoms with Gasteiger partial charge in [0.1, 0.15) is 0 Å². The molecule has 2 fully saturated rings. The summed E-state index contributed by atoms with van der Waals surface area (Å²) in [7, 11) is 0. The molecule has 0 spiro atoms. The summed E-state index contributed by atoms with van der Waals surface area (Å²) in [6.45, 7) is 0. The van der Waals surface area contributed by atoms with Crippen LogP contribution in [0.5, 0.6) is 0 Å². The fourth-order valence-electron chi connectivity index (χ4n) is 2.42. The van der Waals surface area contributed by atoms with E-state index in [2.05, 4.69) is 10.1 Å². The van der Waals surface area contributed by atoms with Crippen LogP contribution in [0.15, 0.2) is 4.52 Å². The summed E-state index contributed by atoms with van der Waals surface area (Å²) in [5.41, 5.74) is 5.91. The molecule has 0 amide bonds. The lowest BCUT2D eigenvalue weighted by Gasteiger charge is -2.17. The first-order chi connectivity index (χ1) is 8.33. The third-order valence-corrected chi connectivity index (χ3v) is 6.13. The largest absolute Gasteiger partial charge is 0.339 e. The van der Waals surface area contributed by atoms with E-state index in [4.69, 9.17) is 10.3 Å². The van der Waals surface area contributed by atoms with Crippen molar-refractivity contribution >= 4 is 23.5 Å². The molecule has 1 aliphatic carbocycles. The van der Waals surface area contributed by atoms with Crippen LogP contribution in [-0.2, 0) is 0 Å². The number of hydrogen-bond donors (Lipinski definition) is 1. The topological polar surface area (TPSA) is 64.9 Å². The van der Waals surface area contributed by atoms with E-state index in [-0.39, 0.29) is 0 Å². The van der Waals surface area contributed by atoms with E-state index < -0.39 is 0 Å². The van der Waals surface area contributed by atoms with E-state index in [0.29, 0.717) is 17.2 Å². The Morgan fingerprint density at radius 3 is 2.94 bits per heavy atom. The summed E-state index contributed by atoms with van der Waals surface area (Å²) < 4.78 is 5.41. The van der Waals surface area contributed by atoms with E-state index in [1.54, 1.807) is 0 Å². The molecule has 1 aromatic heterocycles. The SMILES string of the molecule is N[C@H]1CC[C@@H](c2nc(C3CSCCS3)no2)C1. The summed E-state index contributed by atoms with van der Waals surface area (Å²) in [6, 6.07) is 0.315. The van der Waals surface area contributed by atoms with E-state index in [1.807, 2.05) is 23.5 Å². The monoisotopic (exact) mass is 271 g/mol. The van der Waals surface area contributed by atoms with Gasteiger partial charge in [0.15, 0.2) is 5.82 Å². The van der Waals surface area contributed by atoms with Gasteiger partial charge < -0.3 is 10.3 Å². The van der Waals surface area contributed by atoms with Crippen LogP contribution in [0.4, 0.5) is 0 Å². The molecule has 0 radical (unpaired) electrons. The highest BCUT2D eigenvalue weighted by atomic mass is 32.2. The van der Waals surface area contributed by atoms with Gasteiger partial charge in [0.25, 0.3) is 0 Å². The van der Waals surface area contributed by atoms with Crippen LogP contribution in [0.3, 0.4) is 0 Å². The third-order valence-electron chi connectivity index (χ3n) is 3.38. The van der Waals surface area contributed by atoms with Crippen LogP contribution in [-0.4, -0.2) is 33.4 Å². The van der Waals surface area contributed by atoms with Crippen molar-refractivity contribution < 1.29 is 4.52 Å². The van der Waals surface area contributed by atoms with Crippen molar-refractivity contribution in [2.45, 2.75) is 36.5 Å². The Morgan fingerprint density at radius 2 is 2.24 bits per heavy atom. The molecular formula is C11H17N3OS2. The van der Waals surface area contributed by atoms with Gasteiger partial charge >= 0.3 is 0 Å². The molecule has 1 aromatic rings. The zero-order valence-corrected chi connectivity index (χ0v) is 11.3. The molecule has 1 saturated carbocycles. The average molecular weight is 271 g/mol. The Labute approximate surface area is 109 Å². The van der Waals surface area contributed by atoms with Gasteiger partial charge in [0.2, 0.25) is 5.89 Å². The lowest BCUT2D eigenvalue weighted by molar-refractivity contribution is 0.349. The summed E-state index contributed by atoms with van der Waals surface area (Å²) in [6.07, 6.45) is 3.17. The quantitative estimate of drug-likeness (QED) is 0.889. The second kappa shape index (κ2) is 5.20. The van der Waals surface area contributed by atoms with Crippen LogP contribution in [0.25, 0.3) is 0 Å². The van der Waals surface area contributed by atoms with Crippen molar-refractivity contribution in [3.8, 4) is 0 Å². The molecule has 17 heavy (non-hydrogen) atoms. The number of hydrogen-bond acceptors (Lipinski definition) is 6. The van der Waals surface area contributed by atoms with Gasteiger partial charge in [-0.1, -0.05) is 5.16 Å². The fourth-order valence-corrected chi connectivity index (χ4v) is 5.01. The van der Waals surface area contributed by atoms with Crippen LogP contribution >= 0.6 is 23.5 Å². The molecular weight excluding hydrogens is 254 g/mol. The van der Waals surface area contributed by atoms with Gasteiger partial charge in [0.05, 0.1) is 5.25 Å². The van der Waals surface area contributed by atoms with Crippen molar-refractivity contribution in [2.24, 2.45) is 5.73 Å². The summed E-state index contributed by atoms with van der Waals surface area (Å²) in [5.74, 6) is 5.62. The highest BCUT2D eigenvalue weighted by molar-refractivity contribution is 8.06. The molecule has 2 heterocycles. The lowest BCUT2D eigenvalue weighted by atomic mass is 10.1. The van der Waals surface area contributed by atoms with Gasteiger partial charge in [0, 0.05) is 29.2 Å². The Bertz CT molecular complexity index is 359. The normalized spacial score (nSPS) is 34.1. The number of nitrogens with zero attached hydrogens (tertiary/aromatic N) is 2. The maximum absolute atomic E-state index is 5.91. The molecule has 2 aliphatic rings. The minimum absolute atomic E-state index is 0.315. The number of thioether (sulfide) groups is 2. The van der Waals surface area contributed by atoms with E-state index in [1.165, 1.54) is 11.5 Å². The highest BCUT2D eigenvalue weighted by Crippen LogP contribution is 2.37. The molecule has 6 heteroatoms. The first-order valence-corrected chi connectivity index (χ1v) is 8.31. The van der Waals surface area contributed by atoms with Crippen molar-refractivity contribution in [1.82, 2.24) is 10.1 Å². The molecule has 94 valence electrons. The lowest BCUT2D eigenvalue weighted by Crippen LogP contribution is -2.14. The molecule has 0 bridgehead atoms. The first-order valence-electron chi connectivity index (χ1n) is 6.11. The first kappa shape index (κ1) is 11.9. The Morgan fingerprint density at radius 1 is 1.29 bits per heavy atom. The maximum atomic E-state index is 5.91. The van der Waals surface area contributed by atoms with E-state index in [9.17, 15) is 0 Å². The Kier molecular flexibility index (Phi) is 3.63. The molecule has 0 aromatic carbocycles. The Hall–Kier alpha value is -0.200. The third kappa shape index (κ3) is 2.63. The van der Waals surface area contributed by atoms with Crippen LogP contribution in [0, 0.1) is 0 Å². The molecule has 3 atom stereocenters. The zero-order chi connectivity index (χ0) is 11.7. The fraction of sp³-hybridized carbons (Fsp3) is 0.818. The van der Waals surface area contributed by atoms with Gasteiger partial charge in [-0.2, -0.15) is 16.7 Å². The van der Waals surface area contributed by atoms with Gasteiger partial charge in [-0.15, -0.1) is 11.8 Å². The van der Waals surface area contributed by atoms with Crippen LogP contribution in [0.1, 0.15) is 42.1 Å². The summed E-state index contributed by atoms with van der Waals surface area (Å²) in [4.78, 5) is 4.58. The smallest absolute Gasteiger partial charge is 0.229 e. The highest BCUT2D eigenvalue weighted by Gasteiger charge is 2.29. The Balaban J connectivity index is 1.69. The number of nitrogens with two attached hydrogens (primary N) is 1. The average Bonchev–Trinajstić information content (AvgIpc) is 2.98. The molecule has 2 N–H and O–H groups in total. The second-order valence-electron chi connectivity index (χ2n) is 4.70. The van der Waals surface area contributed by atoms with Crippen molar-refractivity contribution in [3.05, 3.63) is 11.7 Å². The minimum atomic E-state index is 0.315. The predicted octanol–water partition coefficient (Wildman–Crippen LogP) is 2.19. The molecule has 1 unspecified atom stereocenters. The molecule has 4 nitrogen and oxygen atoms in total. The van der Waals surface area contributed by atoms with Gasteiger partial charge in [-0.3, -0.25) is 0 Å².